The number of rotatable bonds is 0. The number of halogens is 2. The molecule has 0 saturated heterocycles. The molecule has 0 fully saturated rings. The zero-order chi connectivity index (χ0) is 9.42. The van der Waals surface area contributed by atoms with Crippen LogP contribution in [0.5, 0.6) is 0 Å². The molecule has 0 aliphatic rings. The van der Waals surface area contributed by atoms with Gasteiger partial charge in [0.05, 0.1) is 15.3 Å². The fourth-order valence-corrected chi connectivity index (χ4v) is 3.21. The molecule has 0 radical (unpaired) electrons. The number of benzene rings is 1. The molecule has 2 aromatic rings. The number of nitrogens with zero attached hydrogens (tertiary/aromatic N) is 1. The second-order valence-electron chi connectivity index (χ2n) is 2.50. The third-order valence-electron chi connectivity index (χ3n) is 1.75. The van der Waals surface area contributed by atoms with E-state index in [4.69, 9.17) is 16.9 Å². The summed E-state index contributed by atoms with van der Waals surface area (Å²) in [6, 6.07) is 5.85. The summed E-state index contributed by atoms with van der Waals surface area (Å²) in [4.78, 5) is 0. The van der Waals surface area contributed by atoms with E-state index in [1.54, 1.807) is 17.4 Å². The summed E-state index contributed by atoms with van der Waals surface area (Å²) in [5.74, 6) is 0. The molecule has 1 aromatic carbocycles. The molecule has 13 heavy (non-hydrogen) atoms. The molecule has 1 heterocycles. The second kappa shape index (κ2) is 3.45. The highest BCUT2D eigenvalue weighted by atomic mass is 127. The van der Waals surface area contributed by atoms with Crippen molar-refractivity contribution >= 4 is 55.6 Å². The zero-order valence-corrected chi connectivity index (χ0v) is 10.1. The molecule has 0 aliphatic heterocycles. The fourth-order valence-electron chi connectivity index (χ4n) is 1.15. The van der Waals surface area contributed by atoms with Crippen molar-refractivity contribution in [2.45, 2.75) is 0 Å². The average molecular weight is 320 g/mol. The van der Waals surface area contributed by atoms with Crippen LogP contribution in [0.25, 0.3) is 10.1 Å². The Kier molecular flexibility index (Phi) is 2.45. The van der Waals surface area contributed by atoms with Crippen LogP contribution in [0.2, 0.25) is 5.02 Å². The largest absolute Gasteiger partial charge is 0.192 e. The zero-order valence-electron chi connectivity index (χ0n) is 6.34. The lowest BCUT2D eigenvalue weighted by molar-refractivity contribution is 1.49. The lowest BCUT2D eigenvalue weighted by Gasteiger charge is -1.99. The number of hydrogen-bond donors (Lipinski definition) is 0. The predicted octanol–water partition coefficient (Wildman–Crippen LogP) is 4.03. The van der Waals surface area contributed by atoms with Crippen LogP contribution in [0.1, 0.15) is 5.56 Å². The number of thiophene rings is 1. The van der Waals surface area contributed by atoms with Crippen LogP contribution in [0.15, 0.2) is 17.5 Å². The lowest BCUT2D eigenvalue weighted by Crippen LogP contribution is -1.82. The Bertz CT molecular complexity index is 512. The topological polar surface area (TPSA) is 23.8 Å². The van der Waals surface area contributed by atoms with E-state index in [0.29, 0.717) is 10.6 Å². The van der Waals surface area contributed by atoms with Gasteiger partial charge in [0, 0.05) is 8.96 Å². The van der Waals surface area contributed by atoms with E-state index in [0.717, 1.165) is 13.7 Å². The van der Waals surface area contributed by atoms with Crippen LogP contribution < -0.4 is 0 Å². The number of nitriles is 1. The van der Waals surface area contributed by atoms with Gasteiger partial charge in [-0.1, -0.05) is 11.6 Å². The van der Waals surface area contributed by atoms with Gasteiger partial charge in [0.2, 0.25) is 0 Å². The van der Waals surface area contributed by atoms with Gasteiger partial charge in [-0.15, -0.1) is 11.3 Å². The molecule has 0 bridgehead atoms. The van der Waals surface area contributed by atoms with E-state index in [1.165, 1.54) is 0 Å². The monoisotopic (exact) mass is 319 g/mol. The van der Waals surface area contributed by atoms with Crippen molar-refractivity contribution in [1.29, 1.82) is 5.26 Å². The van der Waals surface area contributed by atoms with E-state index >= 15 is 0 Å². The smallest absolute Gasteiger partial charge is 0.100 e. The molecule has 0 N–H and O–H groups in total. The molecule has 0 saturated carbocycles. The second-order valence-corrected chi connectivity index (χ2v) is 4.90. The Morgan fingerprint density at radius 3 is 3.00 bits per heavy atom. The van der Waals surface area contributed by atoms with Gasteiger partial charge in [-0.25, -0.2) is 0 Å². The quantitative estimate of drug-likeness (QED) is 0.673. The van der Waals surface area contributed by atoms with Gasteiger partial charge in [0.15, 0.2) is 0 Å². The molecule has 4 heteroatoms. The highest BCUT2D eigenvalue weighted by Gasteiger charge is 2.09. The predicted molar refractivity (Wildman–Crippen MR) is 64.3 cm³/mol. The SMILES string of the molecule is N#Cc1cc(Cl)c2sccc2c1I. The van der Waals surface area contributed by atoms with E-state index in [-0.39, 0.29) is 0 Å². The molecule has 0 spiro atoms. The minimum atomic E-state index is 0.650. The molecular formula is C9H3ClINS. The molecule has 1 aromatic heterocycles. The molecule has 0 unspecified atom stereocenters. The summed E-state index contributed by atoms with van der Waals surface area (Å²) in [7, 11) is 0. The first-order valence-corrected chi connectivity index (χ1v) is 5.83. The third kappa shape index (κ3) is 1.43. The first-order chi connectivity index (χ1) is 6.24. The van der Waals surface area contributed by atoms with Crippen molar-refractivity contribution < 1.29 is 0 Å². The van der Waals surface area contributed by atoms with E-state index in [2.05, 4.69) is 28.7 Å². The summed E-state index contributed by atoms with van der Waals surface area (Å²) >= 11 is 9.79. The van der Waals surface area contributed by atoms with Gasteiger partial charge in [-0.05, 0) is 40.1 Å². The Hall–Kier alpha value is -0.310. The van der Waals surface area contributed by atoms with Crippen molar-refractivity contribution in [2.24, 2.45) is 0 Å². The van der Waals surface area contributed by atoms with Crippen LogP contribution in [0.4, 0.5) is 0 Å². The normalized spacial score (nSPS) is 10.2. The first kappa shape index (κ1) is 9.25. The summed E-state index contributed by atoms with van der Waals surface area (Å²) in [5, 5.41) is 12.6. The standard InChI is InChI=1S/C9H3ClINS/c10-7-3-5(4-12)8(11)6-1-2-13-9(6)7/h1-3H. The summed E-state index contributed by atoms with van der Waals surface area (Å²) in [6.45, 7) is 0. The van der Waals surface area contributed by atoms with Crippen molar-refractivity contribution in [2.75, 3.05) is 0 Å². The van der Waals surface area contributed by atoms with Gasteiger partial charge in [-0.2, -0.15) is 5.26 Å². The Morgan fingerprint density at radius 2 is 2.31 bits per heavy atom. The van der Waals surface area contributed by atoms with E-state index < -0.39 is 0 Å². The van der Waals surface area contributed by atoms with Gasteiger partial charge >= 0.3 is 0 Å². The molecule has 0 atom stereocenters. The Morgan fingerprint density at radius 1 is 1.54 bits per heavy atom. The molecular weight excluding hydrogens is 317 g/mol. The number of hydrogen-bond acceptors (Lipinski definition) is 2. The van der Waals surface area contributed by atoms with Crippen LogP contribution in [0, 0.1) is 14.9 Å². The van der Waals surface area contributed by atoms with Crippen molar-refractivity contribution in [3.05, 3.63) is 31.7 Å². The average Bonchev–Trinajstić information content (AvgIpc) is 2.60. The van der Waals surface area contributed by atoms with Gasteiger partial charge < -0.3 is 0 Å². The molecule has 1 nitrogen and oxygen atoms in total. The molecule has 0 amide bonds. The third-order valence-corrected chi connectivity index (χ3v) is 4.27. The van der Waals surface area contributed by atoms with E-state index in [9.17, 15) is 0 Å². The van der Waals surface area contributed by atoms with E-state index in [1.807, 2.05) is 11.4 Å². The van der Waals surface area contributed by atoms with Crippen LogP contribution >= 0.6 is 45.5 Å². The summed E-state index contributed by atoms with van der Waals surface area (Å²) in [5.41, 5.74) is 0.650. The molecule has 2 rings (SSSR count). The fraction of sp³-hybridized carbons (Fsp3) is 0. The Balaban J connectivity index is 2.95. The first-order valence-electron chi connectivity index (χ1n) is 3.49. The molecule has 0 aliphatic carbocycles. The van der Waals surface area contributed by atoms with Crippen molar-refractivity contribution in [1.82, 2.24) is 0 Å². The maximum absolute atomic E-state index is 8.83. The van der Waals surface area contributed by atoms with Crippen LogP contribution in [-0.4, -0.2) is 0 Å². The maximum atomic E-state index is 8.83. The van der Waals surface area contributed by atoms with Gasteiger partial charge in [-0.3, -0.25) is 0 Å². The minimum absolute atomic E-state index is 0.650. The van der Waals surface area contributed by atoms with Gasteiger partial charge in [0.25, 0.3) is 0 Å². The molecule has 64 valence electrons. The minimum Gasteiger partial charge on any atom is -0.192 e. The maximum Gasteiger partial charge on any atom is 0.100 e. The summed E-state index contributed by atoms with van der Waals surface area (Å²) in [6.07, 6.45) is 0. The number of fused-ring (bicyclic) bond motifs is 1. The highest BCUT2D eigenvalue weighted by molar-refractivity contribution is 14.1. The Labute approximate surface area is 98.1 Å². The summed E-state index contributed by atoms with van der Waals surface area (Å²) < 4.78 is 2.05. The van der Waals surface area contributed by atoms with Crippen LogP contribution in [-0.2, 0) is 0 Å². The van der Waals surface area contributed by atoms with Crippen molar-refractivity contribution in [3.8, 4) is 6.07 Å². The highest BCUT2D eigenvalue weighted by Crippen LogP contribution is 2.34. The van der Waals surface area contributed by atoms with Crippen LogP contribution in [0.3, 0.4) is 0 Å². The van der Waals surface area contributed by atoms with Crippen molar-refractivity contribution in [3.63, 3.8) is 0 Å². The lowest BCUT2D eigenvalue weighted by atomic mass is 10.2. The van der Waals surface area contributed by atoms with Gasteiger partial charge in [0.1, 0.15) is 6.07 Å².